The molecule has 1 N–H and O–H groups in total. The molecule has 0 radical (unpaired) electrons. The zero-order valence-corrected chi connectivity index (χ0v) is 8.96. The molecule has 0 aliphatic carbocycles. The third kappa shape index (κ3) is 3.67. The Morgan fingerprint density at radius 1 is 1.41 bits per heavy atom. The molecular formula is C9H12F3N3O2. The first-order valence-corrected chi connectivity index (χ1v) is 5.26. The number of halogens is 3. The first-order chi connectivity index (χ1) is 8.04. The second-order valence-corrected chi connectivity index (χ2v) is 3.73. The van der Waals surface area contributed by atoms with Gasteiger partial charge in [0.25, 0.3) is 0 Å². The quantitative estimate of drug-likeness (QED) is 0.875. The molecule has 2 rings (SSSR count). The molecule has 1 aliphatic heterocycles. The van der Waals surface area contributed by atoms with Gasteiger partial charge in [-0.3, -0.25) is 0 Å². The highest BCUT2D eigenvalue weighted by molar-refractivity contribution is 4.93. The minimum Gasteiger partial charge on any atom is -0.367 e. The van der Waals surface area contributed by atoms with Gasteiger partial charge < -0.3 is 14.6 Å². The number of morpholine rings is 1. The van der Waals surface area contributed by atoms with Crippen molar-refractivity contribution in [1.29, 1.82) is 0 Å². The second kappa shape index (κ2) is 5.01. The molecule has 1 aromatic rings. The Morgan fingerprint density at radius 2 is 2.24 bits per heavy atom. The normalized spacial score (nSPS) is 21.7. The smallest absolute Gasteiger partial charge is 0.367 e. The maximum absolute atomic E-state index is 12.0. The summed E-state index contributed by atoms with van der Waals surface area (Å²) in [4.78, 5) is 3.89. The number of ether oxygens (including phenoxy) is 1. The maximum atomic E-state index is 12.0. The van der Waals surface area contributed by atoms with Crippen LogP contribution in [-0.4, -0.2) is 36.0 Å². The van der Waals surface area contributed by atoms with E-state index in [1.807, 2.05) is 0 Å². The lowest BCUT2D eigenvalue weighted by Gasteiger charge is -2.20. The van der Waals surface area contributed by atoms with E-state index in [0.29, 0.717) is 19.0 Å². The van der Waals surface area contributed by atoms with Crippen molar-refractivity contribution < 1.29 is 22.4 Å². The second-order valence-electron chi connectivity index (χ2n) is 3.73. The summed E-state index contributed by atoms with van der Waals surface area (Å²) < 4.78 is 46.0. The van der Waals surface area contributed by atoms with E-state index in [0.717, 1.165) is 6.54 Å². The Labute approximate surface area is 95.3 Å². The number of alkyl halides is 3. The monoisotopic (exact) mass is 251 g/mol. The van der Waals surface area contributed by atoms with Gasteiger partial charge in [-0.05, 0) is 0 Å². The van der Waals surface area contributed by atoms with Gasteiger partial charge in [-0.15, -0.1) is 0 Å². The molecule has 17 heavy (non-hydrogen) atoms. The Bertz CT molecular complexity index is 361. The van der Waals surface area contributed by atoms with E-state index in [9.17, 15) is 13.2 Å². The van der Waals surface area contributed by atoms with E-state index in [1.54, 1.807) is 0 Å². The summed E-state index contributed by atoms with van der Waals surface area (Å²) in [5.74, 6) is 0.292. The number of hydrogen-bond donors (Lipinski definition) is 1. The standard InChI is InChI=1S/C9H12F3N3O2/c10-9(11,12)2-1-7-14-8(15-17-7)6-5-13-3-4-16-6/h6,13H,1-5H2. The summed E-state index contributed by atoms with van der Waals surface area (Å²) in [7, 11) is 0. The molecule has 1 atom stereocenters. The number of nitrogens with one attached hydrogen (secondary N) is 1. The van der Waals surface area contributed by atoms with Gasteiger partial charge in [0.1, 0.15) is 6.10 Å². The lowest BCUT2D eigenvalue weighted by molar-refractivity contribution is -0.134. The molecule has 8 heteroatoms. The van der Waals surface area contributed by atoms with Gasteiger partial charge in [0, 0.05) is 19.5 Å². The minimum absolute atomic E-state index is 0.00787. The van der Waals surface area contributed by atoms with Crippen LogP contribution in [0, 0.1) is 0 Å². The molecular weight excluding hydrogens is 239 g/mol. The number of nitrogens with zero attached hydrogens (tertiary/aromatic N) is 2. The van der Waals surface area contributed by atoms with E-state index in [2.05, 4.69) is 15.5 Å². The van der Waals surface area contributed by atoms with Gasteiger partial charge in [-0.1, -0.05) is 5.16 Å². The van der Waals surface area contributed by atoms with Crippen molar-refractivity contribution in [1.82, 2.24) is 15.5 Å². The van der Waals surface area contributed by atoms with E-state index in [1.165, 1.54) is 0 Å². The molecule has 1 aromatic heterocycles. The zero-order chi connectivity index (χ0) is 12.3. The molecule has 96 valence electrons. The van der Waals surface area contributed by atoms with Crippen LogP contribution >= 0.6 is 0 Å². The molecule has 1 fully saturated rings. The van der Waals surface area contributed by atoms with Crippen molar-refractivity contribution in [3.05, 3.63) is 11.7 Å². The van der Waals surface area contributed by atoms with Crippen LogP contribution in [0.5, 0.6) is 0 Å². The average molecular weight is 251 g/mol. The number of aromatic nitrogens is 2. The highest BCUT2D eigenvalue weighted by Gasteiger charge is 2.28. The maximum Gasteiger partial charge on any atom is 0.389 e. The summed E-state index contributed by atoms with van der Waals surface area (Å²) in [5.41, 5.74) is 0. The molecule has 0 saturated carbocycles. The van der Waals surface area contributed by atoms with Crippen LogP contribution in [0.3, 0.4) is 0 Å². The largest absolute Gasteiger partial charge is 0.389 e. The lowest BCUT2D eigenvalue weighted by Crippen LogP contribution is -2.33. The summed E-state index contributed by atoms with van der Waals surface area (Å²) in [6.07, 6.45) is -5.81. The first kappa shape index (κ1) is 12.3. The fourth-order valence-corrected chi connectivity index (χ4v) is 1.48. The third-order valence-corrected chi connectivity index (χ3v) is 2.32. The van der Waals surface area contributed by atoms with Gasteiger partial charge in [0.05, 0.1) is 13.0 Å². The van der Waals surface area contributed by atoms with Gasteiger partial charge >= 0.3 is 6.18 Å². The number of aryl methyl sites for hydroxylation is 1. The van der Waals surface area contributed by atoms with Crippen molar-refractivity contribution in [2.24, 2.45) is 0 Å². The lowest BCUT2D eigenvalue weighted by atomic mass is 10.3. The van der Waals surface area contributed by atoms with E-state index in [-0.39, 0.29) is 18.4 Å². The van der Waals surface area contributed by atoms with Crippen molar-refractivity contribution in [2.45, 2.75) is 25.1 Å². The molecule has 0 amide bonds. The molecule has 5 nitrogen and oxygen atoms in total. The van der Waals surface area contributed by atoms with Crippen molar-refractivity contribution in [3.63, 3.8) is 0 Å². The van der Waals surface area contributed by atoms with Crippen LogP contribution in [-0.2, 0) is 11.2 Å². The summed E-state index contributed by atoms with van der Waals surface area (Å²) in [5, 5.41) is 6.69. The first-order valence-electron chi connectivity index (χ1n) is 5.26. The Kier molecular flexibility index (Phi) is 3.63. The van der Waals surface area contributed by atoms with Crippen molar-refractivity contribution in [2.75, 3.05) is 19.7 Å². The van der Waals surface area contributed by atoms with Crippen LogP contribution in [0.4, 0.5) is 13.2 Å². The zero-order valence-electron chi connectivity index (χ0n) is 8.96. The molecule has 0 bridgehead atoms. The highest BCUT2D eigenvalue weighted by Crippen LogP contribution is 2.22. The van der Waals surface area contributed by atoms with Crippen LogP contribution < -0.4 is 5.32 Å². The van der Waals surface area contributed by atoms with Crippen LogP contribution in [0.15, 0.2) is 4.52 Å². The predicted octanol–water partition coefficient (Wildman–Crippen LogP) is 1.23. The summed E-state index contributed by atoms with van der Waals surface area (Å²) in [6.45, 7) is 1.81. The van der Waals surface area contributed by atoms with Crippen LogP contribution in [0.25, 0.3) is 0 Å². The minimum atomic E-state index is -4.21. The molecule has 0 spiro atoms. The van der Waals surface area contributed by atoms with Gasteiger partial charge in [-0.25, -0.2) is 0 Å². The van der Waals surface area contributed by atoms with Crippen LogP contribution in [0.2, 0.25) is 0 Å². The van der Waals surface area contributed by atoms with Gasteiger partial charge in [0.2, 0.25) is 11.7 Å². The van der Waals surface area contributed by atoms with Gasteiger partial charge in [0.15, 0.2) is 0 Å². The molecule has 1 saturated heterocycles. The molecule has 1 aliphatic rings. The number of hydrogen-bond acceptors (Lipinski definition) is 5. The van der Waals surface area contributed by atoms with Crippen LogP contribution in [0.1, 0.15) is 24.2 Å². The SMILES string of the molecule is FC(F)(F)CCc1nc(C2CNCCO2)no1. The molecule has 1 unspecified atom stereocenters. The number of rotatable bonds is 3. The van der Waals surface area contributed by atoms with E-state index in [4.69, 9.17) is 9.26 Å². The van der Waals surface area contributed by atoms with E-state index >= 15 is 0 Å². The Balaban J connectivity index is 1.91. The van der Waals surface area contributed by atoms with Crippen molar-refractivity contribution in [3.8, 4) is 0 Å². The van der Waals surface area contributed by atoms with Gasteiger partial charge in [-0.2, -0.15) is 18.2 Å². The molecule has 2 heterocycles. The fourth-order valence-electron chi connectivity index (χ4n) is 1.48. The third-order valence-electron chi connectivity index (χ3n) is 2.32. The highest BCUT2D eigenvalue weighted by atomic mass is 19.4. The summed E-state index contributed by atoms with van der Waals surface area (Å²) in [6, 6.07) is 0. The van der Waals surface area contributed by atoms with E-state index < -0.39 is 12.6 Å². The van der Waals surface area contributed by atoms with Crippen molar-refractivity contribution >= 4 is 0 Å². The molecule has 0 aromatic carbocycles. The predicted molar refractivity (Wildman–Crippen MR) is 50.2 cm³/mol. The summed E-state index contributed by atoms with van der Waals surface area (Å²) >= 11 is 0. The average Bonchev–Trinajstić information content (AvgIpc) is 2.75. The Hall–Kier alpha value is -1.15. The topological polar surface area (TPSA) is 60.2 Å². The Morgan fingerprint density at radius 3 is 2.88 bits per heavy atom. The fraction of sp³-hybridized carbons (Fsp3) is 0.778.